The standard InChI is InChI=1S/C23H19Cl2NO4/c1-15(23(28)29-14-16-5-3-2-4-6-16)30-19-10-7-17(8-11-19)22(27)26-21-13-18(24)9-12-20(21)25/h2-13,15H,14H2,1H3,(H,26,27). The Morgan fingerprint density at radius 1 is 0.967 bits per heavy atom. The molecule has 3 aromatic rings. The molecule has 0 heterocycles. The number of halogens is 2. The van der Waals surface area contributed by atoms with Gasteiger partial charge in [0, 0.05) is 10.6 Å². The normalized spacial score (nSPS) is 11.4. The fourth-order valence-corrected chi connectivity index (χ4v) is 2.91. The predicted octanol–water partition coefficient (Wildman–Crippen LogP) is 5.76. The number of hydrogen-bond donors (Lipinski definition) is 1. The molecule has 0 saturated carbocycles. The SMILES string of the molecule is CC(Oc1ccc(C(=O)Nc2cc(Cl)ccc2Cl)cc1)C(=O)OCc1ccccc1. The molecule has 0 aliphatic rings. The van der Waals surface area contributed by atoms with Crippen molar-refractivity contribution in [2.45, 2.75) is 19.6 Å². The van der Waals surface area contributed by atoms with Crippen LogP contribution in [0, 0.1) is 0 Å². The lowest BCUT2D eigenvalue weighted by Crippen LogP contribution is -2.26. The third-order valence-electron chi connectivity index (χ3n) is 4.16. The highest BCUT2D eigenvalue weighted by molar-refractivity contribution is 6.35. The highest BCUT2D eigenvalue weighted by Crippen LogP contribution is 2.26. The van der Waals surface area contributed by atoms with Crippen LogP contribution in [0.4, 0.5) is 5.69 Å². The molecule has 1 unspecified atom stereocenters. The van der Waals surface area contributed by atoms with Crippen LogP contribution in [0.2, 0.25) is 10.0 Å². The lowest BCUT2D eigenvalue weighted by atomic mass is 10.2. The zero-order valence-corrected chi connectivity index (χ0v) is 17.6. The Labute approximate surface area is 184 Å². The van der Waals surface area contributed by atoms with E-state index in [1.54, 1.807) is 49.4 Å². The van der Waals surface area contributed by atoms with Gasteiger partial charge in [0.1, 0.15) is 12.4 Å². The molecule has 0 bridgehead atoms. The molecule has 1 amide bonds. The van der Waals surface area contributed by atoms with Crippen LogP contribution < -0.4 is 10.1 Å². The van der Waals surface area contributed by atoms with Crippen LogP contribution >= 0.6 is 23.2 Å². The highest BCUT2D eigenvalue weighted by Gasteiger charge is 2.17. The van der Waals surface area contributed by atoms with E-state index in [-0.39, 0.29) is 12.5 Å². The summed E-state index contributed by atoms with van der Waals surface area (Å²) in [6, 6.07) is 20.6. The van der Waals surface area contributed by atoms with Crippen molar-refractivity contribution in [3.63, 3.8) is 0 Å². The van der Waals surface area contributed by atoms with Crippen molar-refractivity contribution in [1.29, 1.82) is 0 Å². The van der Waals surface area contributed by atoms with Crippen LogP contribution in [-0.4, -0.2) is 18.0 Å². The summed E-state index contributed by atoms with van der Waals surface area (Å²) in [5, 5.41) is 3.56. The van der Waals surface area contributed by atoms with Crippen LogP contribution in [0.1, 0.15) is 22.8 Å². The molecule has 3 aromatic carbocycles. The summed E-state index contributed by atoms with van der Waals surface area (Å²) in [4.78, 5) is 24.5. The fraction of sp³-hybridized carbons (Fsp3) is 0.130. The largest absolute Gasteiger partial charge is 0.479 e. The van der Waals surface area contributed by atoms with Gasteiger partial charge in [-0.3, -0.25) is 4.79 Å². The van der Waals surface area contributed by atoms with Gasteiger partial charge in [-0.15, -0.1) is 0 Å². The number of ether oxygens (including phenoxy) is 2. The number of carbonyl (C=O) groups is 2. The Kier molecular flexibility index (Phi) is 7.33. The van der Waals surface area contributed by atoms with Crippen LogP contribution in [0.5, 0.6) is 5.75 Å². The first-order valence-electron chi connectivity index (χ1n) is 9.16. The molecule has 1 atom stereocenters. The lowest BCUT2D eigenvalue weighted by molar-refractivity contribution is -0.152. The predicted molar refractivity (Wildman–Crippen MR) is 117 cm³/mol. The molecule has 0 saturated heterocycles. The van der Waals surface area contributed by atoms with E-state index in [9.17, 15) is 9.59 Å². The maximum atomic E-state index is 12.4. The number of anilines is 1. The second-order valence-electron chi connectivity index (χ2n) is 6.46. The molecule has 0 fully saturated rings. The maximum absolute atomic E-state index is 12.4. The van der Waals surface area contributed by atoms with Crippen LogP contribution in [-0.2, 0) is 16.1 Å². The minimum atomic E-state index is -0.793. The molecule has 0 aromatic heterocycles. The third kappa shape index (κ3) is 5.99. The van der Waals surface area contributed by atoms with Gasteiger partial charge in [-0.1, -0.05) is 53.5 Å². The Morgan fingerprint density at radius 3 is 2.37 bits per heavy atom. The van der Waals surface area contributed by atoms with Crippen molar-refractivity contribution in [3.8, 4) is 5.75 Å². The van der Waals surface area contributed by atoms with Crippen LogP contribution in [0.15, 0.2) is 72.8 Å². The van der Waals surface area contributed by atoms with Gasteiger partial charge >= 0.3 is 5.97 Å². The Hall–Kier alpha value is -3.02. The topological polar surface area (TPSA) is 64.6 Å². The molecule has 7 heteroatoms. The quantitative estimate of drug-likeness (QED) is 0.471. The van der Waals surface area contributed by atoms with E-state index in [0.29, 0.717) is 27.0 Å². The number of benzene rings is 3. The van der Waals surface area contributed by atoms with Crippen molar-refractivity contribution in [2.75, 3.05) is 5.32 Å². The van der Waals surface area contributed by atoms with E-state index < -0.39 is 12.1 Å². The van der Waals surface area contributed by atoms with Gasteiger partial charge in [0.05, 0.1) is 10.7 Å². The number of amides is 1. The zero-order valence-electron chi connectivity index (χ0n) is 16.1. The molecule has 30 heavy (non-hydrogen) atoms. The molecule has 1 N–H and O–H groups in total. The highest BCUT2D eigenvalue weighted by atomic mass is 35.5. The Bertz CT molecular complexity index is 1020. The Morgan fingerprint density at radius 2 is 1.67 bits per heavy atom. The van der Waals surface area contributed by atoms with E-state index >= 15 is 0 Å². The molecule has 154 valence electrons. The summed E-state index contributed by atoms with van der Waals surface area (Å²) in [6.07, 6.45) is -0.793. The van der Waals surface area contributed by atoms with Gasteiger partial charge in [0.25, 0.3) is 5.91 Å². The molecular formula is C23H19Cl2NO4. The molecule has 3 rings (SSSR count). The number of carbonyl (C=O) groups excluding carboxylic acids is 2. The number of rotatable bonds is 7. The summed E-state index contributed by atoms with van der Waals surface area (Å²) >= 11 is 12.0. The van der Waals surface area contributed by atoms with E-state index in [0.717, 1.165) is 5.56 Å². The van der Waals surface area contributed by atoms with Gasteiger partial charge in [0.2, 0.25) is 0 Å². The smallest absolute Gasteiger partial charge is 0.347 e. The molecular weight excluding hydrogens is 425 g/mol. The Balaban J connectivity index is 1.55. The average molecular weight is 444 g/mol. The number of nitrogens with one attached hydrogen (secondary N) is 1. The third-order valence-corrected chi connectivity index (χ3v) is 4.73. The lowest BCUT2D eigenvalue weighted by Gasteiger charge is -2.14. The molecule has 5 nitrogen and oxygen atoms in total. The van der Waals surface area contributed by atoms with Crippen molar-refractivity contribution in [2.24, 2.45) is 0 Å². The van der Waals surface area contributed by atoms with Gasteiger partial charge in [-0.2, -0.15) is 0 Å². The fourth-order valence-electron chi connectivity index (χ4n) is 2.57. The van der Waals surface area contributed by atoms with Gasteiger partial charge < -0.3 is 14.8 Å². The second-order valence-corrected chi connectivity index (χ2v) is 7.30. The molecule has 0 aliphatic carbocycles. The van der Waals surface area contributed by atoms with Crippen molar-refractivity contribution >= 4 is 40.8 Å². The van der Waals surface area contributed by atoms with E-state index in [1.807, 2.05) is 30.3 Å². The first-order valence-corrected chi connectivity index (χ1v) is 9.91. The summed E-state index contributed by atoms with van der Waals surface area (Å²) in [6.45, 7) is 1.79. The minimum absolute atomic E-state index is 0.179. The summed E-state index contributed by atoms with van der Waals surface area (Å²) in [7, 11) is 0. The maximum Gasteiger partial charge on any atom is 0.347 e. The summed E-state index contributed by atoms with van der Waals surface area (Å²) in [5.74, 6) is -0.381. The van der Waals surface area contributed by atoms with Gasteiger partial charge in [0.15, 0.2) is 6.10 Å². The average Bonchev–Trinajstić information content (AvgIpc) is 2.75. The van der Waals surface area contributed by atoms with Crippen molar-refractivity contribution < 1.29 is 19.1 Å². The van der Waals surface area contributed by atoms with Gasteiger partial charge in [-0.25, -0.2) is 4.79 Å². The van der Waals surface area contributed by atoms with Crippen molar-refractivity contribution in [3.05, 3.63) is 94.0 Å². The summed E-state index contributed by atoms with van der Waals surface area (Å²) in [5.41, 5.74) is 1.72. The van der Waals surface area contributed by atoms with E-state index in [4.69, 9.17) is 32.7 Å². The second kappa shape index (κ2) is 10.1. The number of hydrogen-bond acceptors (Lipinski definition) is 4. The first kappa shape index (κ1) is 21.7. The molecule has 0 radical (unpaired) electrons. The first-order chi connectivity index (χ1) is 14.4. The van der Waals surface area contributed by atoms with E-state index in [1.165, 1.54) is 0 Å². The minimum Gasteiger partial charge on any atom is -0.479 e. The van der Waals surface area contributed by atoms with E-state index in [2.05, 4.69) is 5.32 Å². The summed E-state index contributed by atoms with van der Waals surface area (Å²) < 4.78 is 10.9. The molecule has 0 aliphatic heterocycles. The van der Waals surface area contributed by atoms with Gasteiger partial charge in [-0.05, 0) is 55.0 Å². The molecule has 0 spiro atoms. The van der Waals surface area contributed by atoms with Crippen LogP contribution in [0.25, 0.3) is 0 Å². The monoisotopic (exact) mass is 443 g/mol. The van der Waals surface area contributed by atoms with Crippen LogP contribution in [0.3, 0.4) is 0 Å². The number of esters is 1. The van der Waals surface area contributed by atoms with Crippen molar-refractivity contribution in [1.82, 2.24) is 0 Å². The zero-order chi connectivity index (χ0) is 21.5.